The minimum atomic E-state index is -0.285. The molecular weight excluding hydrogens is 332 g/mol. The Balaban J connectivity index is 0.00000288. The van der Waals surface area contributed by atoms with Gasteiger partial charge in [0.05, 0.1) is 12.1 Å². The Labute approximate surface area is 146 Å². The van der Waals surface area contributed by atoms with Crippen LogP contribution in [-0.4, -0.2) is 18.0 Å². The van der Waals surface area contributed by atoms with Crippen molar-refractivity contribution in [1.82, 2.24) is 5.32 Å². The van der Waals surface area contributed by atoms with Gasteiger partial charge in [0.25, 0.3) is 5.91 Å². The van der Waals surface area contributed by atoms with E-state index in [-0.39, 0.29) is 36.9 Å². The smallest absolute Gasteiger partial charge is 0.319 e. The van der Waals surface area contributed by atoms with Crippen molar-refractivity contribution < 1.29 is 14.0 Å². The number of furan rings is 1. The average molecular weight is 353 g/mol. The lowest BCUT2D eigenvalue weighted by atomic mass is 10.2. The summed E-state index contributed by atoms with van der Waals surface area (Å²) in [5.41, 5.74) is 7.09. The van der Waals surface area contributed by atoms with E-state index in [2.05, 4.69) is 16.0 Å². The van der Waals surface area contributed by atoms with Gasteiger partial charge in [-0.15, -0.1) is 12.4 Å². The Morgan fingerprint density at radius 1 is 1.12 bits per heavy atom. The average Bonchev–Trinajstić information content (AvgIpc) is 2.97. The third-order valence-corrected chi connectivity index (χ3v) is 2.94. The summed E-state index contributed by atoms with van der Waals surface area (Å²) in [6.07, 6.45) is 1.36. The molecule has 130 valence electrons. The highest BCUT2D eigenvalue weighted by Crippen LogP contribution is 2.15. The monoisotopic (exact) mass is 352 g/mol. The van der Waals surface area contributed by atoms with E-state index < -0.39 is 0 Å². The maximum atomic E-state index is 12.0. The fourth-order valence-corrected chi connectivity index (χ4v) is 1.88. The number of carbonyl (C=O) groups excluding carboxylic acids is 2. The zero-order valence-electron chi connectivity index (χ0n) is 13.5. The highest BCUT2D eigenvalue weighted by atomic mass is 35.5. The van der Waals surface area contributed by atoms with E-state index in [0.29, 0.717) is 22.7 Å². The van der Waals surface area contributed by atoms with Crippen LogP contribution in [0.15, 0.2) is 41.0 Å². The lowest BCUT2D eigenvalue weighted by Crippen LogP contribution is -2.34. The molecule has 2 rings (SSSR count). The molecule has 0 aliphatic heterocycles. The lowest BCUT2D eigenvalue weighted by Gasteiger charge is -2.10. The molecule has 24 heavy (non-hydrogen) atoms. The summed E-state index contributed by atoms with van der Waals surface area (Å²) in [5.74, 6) is 0.262. The summed E-state index contributed by atoms with van der Waals surface area (Å²) in [6, 6.07) is 8.19. The molecule has 0 unspecified atom stereocenters. The number of nitrogens with two attached hydrogens (primary N) is 1. The zero-order valence-corrected chi connectivity index (χ0v) is 14.3. The number of anilines is 2. The molecular formula is C16H21ClN4O3. The summed E-state index contributed by atoms with van der Waals surface area (Å²) >= 11 is 0. The van der Waals surface area contributed by atoms with Gasteiger partial charge in [-0.05, 0) is 44.2 Å². The largest absolute Gasteiger partial charge is 0.467 e. The zero-order chi connectivity index (χ0) is 16.8. The normalized spacial score (nSPS) is 10.0. The van der Waals surface area contributed by atoms with Gasteiger partial charge in [0.2, 0.25) is 0 Å². The second-order valence-corrected chi connectivity index (χ2v) is 5.29. The summed E-state index contributed by atoms with van der Waals surface area (Å²) < 4.78 is 5.13. The second-order valence-electron chi connectivity index (χ2n) is 5.29. The number of carbonyl (C=O) groups is 2. The Bertz CT molecular complexity index is 683. The standard InChI is InChI=1S/C16H20N4O3.ClH/c1-10(2)18-16(22)20-13-5-3-12(4-6-13)19-15(21)11-7-14(8-17)23-9-11;/h3-7,9-10H,8,17H2,1-2H3,(H,19,21)(H2,18,20,22);1H. The van der Waals surface area contributed by atoms with E-state index in [1.54, 1.807) is 30.3 Å². The van der Waals surface area contributed by atoms with Gasteiger partial charge >= 0.3 is 6.03 Å². The molecule has 0 aliphatic carbocycles. The van der Waals surface area contributed by atoms with Crippen LogP contribution in [0.2, 0.25) is 0 Å². The fourth-order valence-electron chi connectivity index (χ4n) is 1.88. The van der Waals surface area contributed by atoms with E-state index in [9.17, 15) is 9.59 Å². The van der Waals surface area contributed by atoms with Crippen LogP contribution in [0, 0.1) is 0 Å². The maximum absolute atomic E-state index is 12.0. The minimum Gasteiger partial charge on any atom is -0.467 e. The molecule has 0 spiro atoms. The first-order valence-corrected chi connectivity index (χ1v) is 7.24. The van der Waals surface area contributed by atoms with Gasteiger partial charge in [-0.3, -0.25) is 4.79 Å². The van der Waals surface area contributed by atoms with Crippen molar-refractivity contribution in [1.29, 1.82) is 0 Å². The molecule has 1 heterocycles. The molecule has 3 amide bonds. The molecule has 5 N–H and O–H groups in total. The van der Waals surface area contributed by atoms with Crippen LogP contribution >= 0.6 is 12.4 Å². The highest BCUT2D eigenvalue weighted by Gasteiger charge is 2.10. The van der Waals surface area contributed by atoms with Gasteiger partial charge in [-0.2, -0.15) is 0 Å². The van der Waals surface area contributed by atoms with Crippen molar-refractivity contribution in [2.24, 2.45) is 5.73 Å². The van der Waals surface area contributed by atoms with E-state index in [1.807, 2.05) is 13.8 Å². The first kappa shape index (κ1) is 19.5. The number of rotatable bonds is 5. The van der Waals surface area contributed by atoms with Gasteiger partial charge in [-0.1, -0.05) is 0 Å². The van der Waals surface area contributed by atoms with Gasteiger partial charge < -0.3 is 26.1 Å². The van der Waals surface area contributed by atoms with Crippen LogP contribution in [0.1, 0.15) is 30.0 Å². The van der Waals surface area contributed by atoms with Crippen molar-refractivity contribution in [2.45, 2.75) is 26.4 Å². The van der Waals surface area contributed by atoms with E-state index in [0.717, 1.165) is 0 Å². The highest BCUT2D eigenvalue weighted by molar-refractivity contribution is 6.04. The number of hydrogen-bond acceptors (Lipinski definition) is 4. The lowest BCUT2D eigenvalue weighted by molar-refractivity contribution is 0.102. The molecule has 0 bridgehead atoms. The SMILES string of the molecule is CC(C)NC(=O)Nc1ccc(NC(=O)c2coc(CN)c2)cc1.Cl. The summed E-state index contributed by atoms with van der Waals surface area (Å²) in [6.45, 7) is 4.00. The predicted molar refractivity (Wildman–Crippen MR) is 95.5 cm³/mol. The molecule has 1 aromatic heterocycles. The summed E-state index contributed by atoms with van der Waals surface area (Å²) in [5, 5.41) is 8.17. The molecule has 8 heteroatoms. The molecule has 0 saturated heterocycles. The Hall–Kier alpha value is -2.51. The topological polar surface area (TPSA) is 109 Å². The third kappa shape index (κ3) is 5.60. The van der Waals surface area contributed by atoms with Crippen molar-refractivity contribution in [2.75, 3.05) is 10.6 Å². The summed E-state index contributed by atoms with van der Waals surface area (Å²) in [4.78, 5) is 23.6. The number of urea groups is 1. The van der Waals surface area contributed by atoms with Crippen LogP contribution in [0.4, 0.5) is 16.2 Å². The quantitative estimate of drug-likeness (QED) is 0.663. The van der Waals surface area contributed by atoms with Gasteiger partial charge in [0.1, 0.15) is 12.0 Å². The Morgan fingerprint density at radius 3 is 2.21 bits per heavy atom. The van der Waals surface area contributed by atoms with Gasteiger partial charge in [-0.25, -0.2) is 4.79 Å². The molecule has 0 aliphatic rings. The van der Waals surface area contributed by atoms with Crippen molar-refractivity contribution in [3.8, 4) is 0 Å². The van der Waals surface area contributed by atoms with Crippen molar-refractivity contribution in [3.05, 3.63) is 47.9 Å². The predicted octanol–water partition coefficient (Wildman–Crippen LogP) is 2.94. The van der Waals surface area contributed by atoms with Crippen molar-refractivity contribution in [3.63, 3.8) is 0 Å². The number of hydrogen-bond donors (Lipinski definition) is 4. The van der Waals surface area contributed by atoms with Crippen LogP contribution < -0.4 is 21.7 Å². The van der Waals surface area contributed by atoms with E-state index in [1.165, 1.54) is 6.26 Å². The Kier molecular flexibility index (Phi) is 7.29. The second kappa shape index (κ2) is 8.95. The first-order valence-electron chi connectivity index (χ1n) is 7.24. The van der Waals surface area contributed by atoms with E-state index in [4.69, 9.17) is 10.2 Å². The molecule has 0 atom stereocenters. The molecule has 0 fully saturated rings. The summed E-state index contributed by atoms with van der Waals surface area (Å²) in [7, 11) is 0. The molecule has 2 aromatic rings. The number of amides is 3. The molecule has 0 saturated carbocycles. The van der Waals surface area contributed by atoms with E-state index >= 15 is 0 Å². The molecule has 0 radical (unpaired) electrons. The number of halogens is 1. The first-order chi connectivity index (χ1) is 11.0. The van der Waals surface area contributed by atoms with Gasteiger partial charge in [0, 0.05) is 17.4 Å². The maximum Gasteiger partial charge on any atom is 0.319 e. The minimum absolute atomic E-state index is 0. The van der Waals surface area contributed by atoms with Crippen molar-refractivity contribution >= 4 is 35.7 Å². The third-order valence-electron chi connectivity index (χ3n) is 2.94. The molecule has 1 aromatic carbocycles. The number of benzene rings is 1. The van der Waals surface area contributed by atoms with Gasteiger partial charge in [0.15, 0.2) is 0 Å². The molecule has 7 nitrogen and oxygen atoms in total. The van der Waals surface area contributed by atoms with Crippen LogP contribution in [-0.2, 0) is 6.54 Å². The Morgan fingerprint density at radius 2 is 1.71 bits per heavy atom. The van der Waals surface area contributed by atoms with Crippen LogP contribution in [0.5, 0.6) is 0 Å². The van der Waals surface area contributed by atoms with Crippen LogP contribution in [0.25, 0.3) is 0 Å². The van der Waals surface area contributed by atoms with Crippen LogP contribution in [0.3, 0.4) is 0 Å². The fraction of sp³-hybridized carbons (Fsp3) is 0.250. The number of nitrogens with one attached hydrogen (secondary N) is 3.